The fourth-order valence-electron chi connectivity index (χ4n) is 2.88. The maximum atomic E-state index is 12.3. The van der Waals surface area contributed by atoms with E-state index in [-0.39, 0.29) is 22.9 Å². The standard InChI is InChI=1S/C18H26N2O4/c1-11(2)24-7-5-6-19-16(22)13-8-12-14(20-17(13)23)9-18(3,4)10-15(12)21/h8,11H,5-7,9-10H2,1-4H3,(H,19,22)(H,20,23). The molecule has 0 saturated heterocycles. The zero-order chi connectivity index (χ0) is 17.9. The summed E-state index contributed by atoms with van der Waals surface area (Å²) in [5, 5.41) is 2.70. The van der Waals surface area contributed by atoms with Crippen molar-refractivity contribution >= 4 is 11.7 Å². The average Bonchev–Trinajstić information content (AvgIpc) is 2.44. The van der Waals surface area contributed by atoms with Crippen molar-refractivity contribution in [3.8, 4) is 0 Å². The van der Waals surface area contributed by atoms with Crippen LogP contribution in [0.25, 0.3) is 0 Å². The molecule has 0 saturated carbocycles. The van der Waals surface area contributed by atoms with Crippen LogP contribution >= 0.6 is 0 Å². The molecule has 1 aromatic heterocycles. The second-order valence-corrected chi connectivity index (χ2v) is 7.37. The van der Waals surface area contributed by atoms with Crippen LogP contribution in [0.2, 0.25) is 0 Å². The Hall–Kier alpha value is -1.95. The van der Waals surface area contributed by atoms with Gasteiger partial charge in [0.1, 0.15) is 5.56 Å². The molecule has 6 heteroatoms. The summed E-state index contributed by atoms with van der Waals surface area (Å²) in [7, 11) is 0. The van der Waals surface area contributed by atoms with Gasteiger partial charge in [-0.05, 0) is 38.2 Å². The van der Waals surface area contributed by atoms with Gasteiger partial charge in [-0.25, -0.2) is 0 Å². The first-order valence-electron chi connectivity index (χ1n) is 8.39. The van der Waals surface area contributed by atoms with E-state index >= 15 is 0 Å². The number of pyridine rings is 1. The first-order valence-corrected chi connectivity index (χ1v) is 8.39. The topological polar surface area (TPSA) is 88.3 Å². The number of H-pyrrole nitrogens is 1. The zero-order valence-corrected chi connectivity index (χ0v) is 14.8. The molecule has 6 nitrogen and oxygen atoms in total. The molecule has 0 spiro atoms. The van der Waals surface area contributed by atoms with E-state index in [0.717, 1.165) is 0 Å². The number of hydrogen-bond acceptors (Lipinski definition) is 4. The van der Waals surface area contributed by atoms with Crippen LogP contribution in [0.15, 0.2) is 10.9 Å². The summed E-state index contributed by atoms with van der Waals surface area (Å²) in [4.78, 5) is 39.4. The monoisotopic (exact) mass is 334 g/mol. The molecule has 0 bridgehead atoms. The van der Waals surface area contributed by atoms with Gasteiger partial charge in [-0.1, -0.05) is 13.8 Å². The van der Waals surface area contributed by atoms with Gasteiger partial charge in [-0.2, -0.15) is 0 Å². The molecule has 0 aliphatic heterocycles. The van der Waals surface area contributed by atoms with Crippen molar-refractivity contribution in [1.29, 1.82) is 0 Å². The van der Waals surface area contributed by atoms with E-state index in [1.54, 1.807) is 0 Å². The molecule has 1 heterocycles. The SMILES string of the molecule is CC(C)OCCCNC(=O)c1cc2c([nH]c1=O)CC(C)(C)CC2=O. The van der Waals surface area contributed by atoms with Crippen LogP contribution in [0.1, 0.15) is 66.9 Å². The van der Waals surface area contributed by atoms with Gasteiger partial charge in [0.2, 0.25) is 0 Å². The summed E-state index contributed by atoms with van der Waals surface area (Å²) in [6, 6.07) is 1.44. The second-order valence-electron chi connectivity index (χ2n) is 7.37. The summed E-state index contributed by atoms with van der Waals surface area (Å²) >= 11 is 0. The molecule has 0 radical (unpaired) electrons. The summed E-state index contributed by atoms with van der Waals surface area (Å²) in [5.41, 5.74) is 0.458. The van der Waals surface area contributed by atoms with Gasteiger partial charge in [-0.3, -0.25) is 14.4 Å². The van der Waals surface area contributed by atoms with Crippen molar-refractivity contribution in [3.05, 3.63) is 33.2 Å². The molecule has 2 N–H and O–H groups in total. The van der Waals surface area contributed by atoms with Gasteiger partial charge in [0.25, 0.3) is 11.5 Å². The molecule has 0 atom stereocenters. The van der Waals surface area contributed by atoms with Crippen LogP contribution < -0.4 is 10.9 Å². The van der Waals surface area contributed by atoms with Crippen molar-refractivity contribution in [1.82, 2.24) is 10.3 Å². The summed E-state index contributed by atoms with van der Waals surface area (Å²) < 4.78 is 5.40. The van der Waals surface area contributed by atoms with Crippen LogP contribution in [-0.4, -0.2) is 35.9 Å². The number of carbonyl (C=O) groups excluding carboxylic acids is 2. The predicted octanol–water partition coefficient (Wildman–Crippen LogP) is 2.07. The Morgan fingerprint density at radius 1 is 1.33 bits per heavy atom. The zero-order valence-electron chi connectivity index (χ0n) is 14.8. The third-order valence-electron chi connectivity index (χ3n) is 4.02. The van der Waals surface area contributed by atoms with Gasteiger partial charge >= 0.3 is 0 Å². The quantitative estimate of drug-likeness (QED) is 0.780. The van der Waals surface area contributed by atoms with Crippen LogP contribution in [-0.2, 0) is 11.2 Å². The number of rotatable bonds is 6. The van der Waals surface area contributed by atoms with Crippen LogP contribution in [0.4, 0.5) is 0 Å². The minimum atomic E-state index is -0.457. The third kappa shape index (κ3) is 4.54. The van der Waals surface area contributed by atoms with E-state index in [9.17, 15) is 14.4 Å². The lowest BCUT2D eigenvalue weighted by Crippen LogP contribution is -2.35. The Morgan fingerprint density at radius 2 is 2.04 bits per heavy atom. The maximum Gasteiger partial charge on any atom is 0.261 e. The molecule has 0 aromatic carbocycles. The molecule has 1 aliphatic rings. The summed E-state index contributed by atoms with van der Waals surface area (Å²) in [6.45, 7) is 8.85. The summed E-state index contributed by atoms with van der Waals surface area (Å²) in [6.07, 6.45) is 1.86. The number of ketones is 1. The van der Waals surface area contributed by atoms with Crippen molar-refractivity contribution in [2.75, 3.05) is 13.2 Å². The number of fused-ring (bicyclic) bond motifs is 1. The number of nitrogens with one attached hydrogen (secondary N) is 2. The highest BCUT2D eigenvalue weighted by Crippen LogP contribution is 2.33. The molecule has 24 heavy (non-hydrogen) atoms. The van der Waals surface area contributed by atoms with Crippen molar-refractivity contribution in [2.24, 2.45) is 5.41 Å². The molecule has 132 valence electrons. The highest BCUT2D eigenvalue weighted by Gasteiger charge is 2.32. The maximum absolute atomic E-state index is 12.3. The average molecular weight is 334 g/mol. The van der Waals surface area contributed by atoms with Crippen molar-refractivity contribution in [3.63, 3.8) is 0 Å². The van der Waals surface area contributed by atoms with E-state index in [0.29, 0.717) is 43.7 Å². The molecule has 1 amide bonds. The number of amides is 1. The molecular weight excluding hydrogens is 308 g/mol. The highest BCUT2D eigenvalue weighted by molar-refractivity contribution is 6.02. The first kappa shape index (κ1) is 18.4. The van der Waals surface area contributed by atoms with E-state index in [1.807, 2.05) is 27.7 Å². The van der Waals surface area contributed by atoms with Gasteiger partial charge < -0.3 is 15.0 Å². The summed E-state index contributed by atoms with van der Waals surface area (Å²) in [5.74, 6) is -0.488. The molecular formula is C18H26N2O4. The number of aromatic nitrogens is 1. The van der Waals surface area contributed by atoms with Gasteiger partial charge in [0.05, 0.1) is 6.10 Å². The lowest BCUT2D eigenvalue weighted by atomic mass is 9.75. The normalized spacial score (nSPS) is 16.1. The van der Waals surface area contributed by atoms with Gasteiger partial charge in [0, 0.05) is 30.8 Å². The largest absolute Gasteiger partial charge is 0.379 e. The fraction of sp³-hybridized carbons (Fsp3) is 0.611. The third-order valence-corrected chi connectivity index (χ3v) is 4.02. The lowest BCUT2D eigenvalue weighted by Gasteiger charge is -2.29. The minimum Gasteiger partial charge on any atom is -0.379 e. The van der Waals surface area contributed by atoms with Crippen LogP contribution in [0.5, 0.6) is 0 Å². The molecule has 0 fully saturated rings. The van der Waals surface area contributed by atoms with Crippen LogP contribution in [0.3, 0.4) is 0 Å². The lowest BCUT2D eigenvalue weighted by molar-refractivity contribution is 0.0757. The number of carbonyl (C=O) groups is 2. The van der Waals surface area contributed by atoms with Crippen LogP contribution in [0, 0.1) is 5.41 Å². The van der Waals surface area contributed by atoms with Crippen molar-refractivity contribution in [2.45, 2.75) is 53.1 Å². The number of hydrogen-bond donors (Lipinski definition) is 2. The fourth-order valence-corrected chi connectivity index (χ4v) is 2.88. The Bertz CT molecular complexity index is 689. The van der Waals surface area contributed by atoms with E-state index < -0.39 is 11.5 Å². The smallest absolute Gasteiger partial charge is 0.261 e. The molecule has 1 aromatic rings. The predicted molar refractivity (Wildman–Crippen MR) is 91.5 cm³/mol. The second kappa shape index (κ2) is 7.30. The Kier molecular flexibility index (Phi) is 5.59. The number of aromatic amines is 1. The first-order chi connectivity index (χ1) is 11.2. The molecule has 1 aliphatic carbocycles. The molecule has 0 unspecified atom stereocenters. The van der Waals surface area contributed by atoms with E-state index in [2.05, 4.69) is 10.3 Å². The minimum absolute atomic E-state index is 0.00779. The molecule has 2 rings (SSSR count). The van der Waals surface area contributed by atoms with Gasteiger partial charge in [-0.15, -0.1) is 0 Å². The number of Topliss-reactive ketones (excluding diaryl/α,β-unsaturated/α-hetero) is 1. The van der Waals surface area contributed by atoms with Gasteiger partial charge in [0.15, 0.2) is 5.78 Å². The van der Waals surface area contributed by atoms with E-state index in [4.69, 9.17) is 4.74 Å². The highest BCUT2D eigenvalue weighted by atomic mass is 16.5. The van der Waals surface area contributed by atoms with Crippen molar-refractivity contribution < 1.29 is 14.3 Å². The Balaban J connectivity index is 2.06. The Labute approximate surface area is 142 Å². The number of ether oxygens (including phenoxy) is 1. The Morgan fingerprint density at radius 3 is 2.71 bits per heavy atom. The van der Waals surface area contributed by atoms with E-state index in [1.165, 1.54) is 6.07 Å².